The highest BCUT2D eigenvalue weighted by Crippen LogP contribution is 2.21. The fourth-order valence-electron chi connectivity index (χ4n) is 1.63. The Hall–Kier alpha value is -0.890. The monoisotopic (exact) mass is 228 g/mol. The van der Waals surface area contributed by atoms with E-state index in [-0.39, 0.29) is 17.5 Å². The van der Waals surface area contributed by atoms with E-state index in [9.17, 15) is 9.18 Å². The molecule has 0 aliphatic heterocycles. The van der Waals surface area contributed by atoms with E-state index in [1.54, 1.807) is 13.0 Å². The zero-order chi connectivity index (χ0) is 11.4. The molecule has 0 saturated carbocycles. The van der Waals surface area contributed by atoms with Crippen molar-refractivity contribution in [2.45, 2.75) is 26.7 Å². The maximum atomic E-state index is 12.8. The van der Waals surface area contributed by atoms with Crippen LogP contribution in [0.4, 0.5) is 4.39 Å². The van der Waals surface area contributed by atoms with E-state index < -0.39 is 0 Å². The van der Waals surface area contributed by atoms with E-state index in [1.807, 2.05) is 6.92 Å². The third-order valence-corrected chi connectivity index (χ3v) is 2.57. The van der Waals surface area contributed by atoms with E-state index in [2.05, 4.69) is 0 Å². The van der Waals surface area contributed by atoms with Gasteiger partial charge < -0.3 is 4.79 Å². The molecule has 0 fully saturated rings. The number of hydrogen-bond donors (Lipinski definition) is 0. The van der Waals surface area contributed by atoms with E-state index in [0.717, 1.165) is 5.56 Å². The van der Waals surface area contributed by atoms with Crippen LogP contribution in [0.15, 0.2) is 18.2 Å². The van der Waals surface area contributed by atoms with Gasteiger partial charge >= 0.3 is 0 Å². The maximum Gasteiger partial charge on any atom is 0.130 e. The molecule has 0 aliphatic carbocycles. The summed E-state index contributed by atoms with van der Waals surface area (Å²) in [5.74, 6) is 0.0779. The largest absolute Gasteiger partial charge is 0.300 e. The first-order chi connectivity index (χ1) is 6.99. The second kappa shape index (κ2) is 5.26. The average Bonchev–Trinajstić information content (AvgIpc) is 2.08. The minimum atomic E-state index is -0.331. The number of hydrogen-bond acceptors (Lipinski definition) is 1. The van der Waals surface area contributed by atoms with Crippen LogP contribution in [0.3, 0.4) is 0 Å². The molecule has 0 saturated heterocycles. The molecule has 1 aromatic carbocycles. The van der Waals surface area contributed by atoms with Crippen molar-refractivity contribution >= 4 is 17.4 Å². The fraction of sp³-hybridized carbons (Fsp3) is 0.417. The highest BCUT2D eigenvalue weighted by atomic mass is 35.5. The maximum absolute atomic E-state index is 12.8. The minimum absolute atomic E-state index is 0.167. The molecular weight excluding hydrogens is 215 g/mol. The van der Waals surface area contributed by atoms with Gasteiger partial charge in [-0.25, -0.2) is 4.39 Å². The molecule has 1 nitrogen and oxygen atoms in total. The molecule has 1 unspecified atom stereocenters. The molecule has 0 radical (unpaired) electrons. The van der Waals surface area contributed by atoms with Crippen molar-refractivity contribution in [3.63, 3.8) is 0 Å². The Morgan fingerprint density at radius 1 is 1.53 bits per heavy atom. The van der Waals surface area contributed by atoms with Gasteiger partial charge in [0, 0.05) is 11.4 Å². The summed E-state index contributed by atoms with van der Waals surface area (Å²) in [5.41, 5.74) is 0.895. The number of ketones is 1. The van der Waals surface area contributed by atoms with Gasteiger partial charge in [-0.2, -0.15) is 0 Å². The molecule has 0 aromatic heterocycles. The van der Waals surface area contributed by atoms with Crippen molar-refractivity contribution < 1.29 is 9.18 Å². The summed E-state index contributed by atoms with van der Waals surface area (Å²) in [7, 11) is 0. The average molecular weight is 229 g/mol. The standard InChI is InChI=1S/C12H14ClFO/c1-8(5-9(2)15)6-10-3-4-11(14)7-12(10)13/h3-4,7-8H,5-6H2,1-2H3. The Morgan fingerprint density at radius 3 is 2.73 bits per heavy atom. The Morgan fingerprint density at radius 2 is 2.20 bits per heavy atom. The van der Waals surface area contributed by atoms with Crippen LogP contribution in [0.2, 0.25) is 5.02 Å². The van der Waals surface area contributed by atoms with E-state index >= 15 is 0 Å². The highest BCUT2D eigenvalue weighted by molar-refractivity contribution is 6.31. The van der Waals surface area contributed by atoms with Gasteiger partial charge in [-0.15, -0.1) is 0 Å². The zero-order valence-corrected chi connectivity index (χ0v) is 9.64. The van der Waals surface area contributed by atoms with Gasteiger partial charge in [0.15, 0.2) is 0 Å². The molecule has 0 heterocycles. The van der Waals surface area contributed by atoms with Gasteiger partial charge in [0.1, 0.15) is 11.6 Å². The Kier molecular flexibility index (Phi) is 4.28. The lowest BCUT2D eigenvalue weighted by molar-refractivity contribution is -0.117. The van der Waals surface area contributed by atoms with Crippen molar-refractivity contribution in [1.29, 1.82) is 0 Å². The first kappa shape index (κ1) is 12.2. The normalized spacial score (nSPS) is 12.5. The Balaban J connectivity index is 2.68. The van der Waals surface area contributed by atoms with Crippen LogP contribution in [0.25, 0.3) is 0 Å². The first-order valence-electron chi connectivity index (χ1n) is 4.92. The highest BCUT2D eigenvalue weighted by Gasteiger charge is 2.09. The molecule has 1 atom stereocenters. The second-order valence-corrected chi connectivity index (χ2v) is 4.36. The van der Waals surface area contributed by atoms with Gasteiger partial charge in [0.05, 0.1) is 0 Å². The molecule has 3 heteroatoms. The number of Topliss-reactive ketones (excluding diaryl/α,β-unsaturated/α-hetero) is 1. The lowest BCUT2D eigenvalue weighted by Crippen LogP contribution is -2.05. The summed E-state index contributed by atoms with van der Waals surface area (Å²) in [6.45, 7) is 3.56. The molecule has 1 rings (SSSR count). The van der Waals surface area contributed by atoms with Crippen LogP contribution < -0.4 is 0 Å². The summed E-state index contributed by atoms with van der Waals surface area (Å²) >= 11 is 5.89. The van der Waals surface area contributed by atoms with E-state index in [1.165, 1.54) is 12.1 Å². The van der Waals surface area contributed by atoms with Gasteiger partial charge in [-0.3, -0.25) is 0 Å². The minimum Gasteiger partial charge on any atom is -0.300 e. The quantitative estimate of drug-likeness (QED) is 0.769. The summed E-state index contributed by atoms with van der Waals surface area (Å²) in [6.07, 6.45) is 1.24. The third-order valence-electron chi connectivity index (χ3n) is 2.22. The SMILES string of the molecule is CC(=O)CC(C)Cc1ccc(F)cc1Cl. The van der Waals surface area contributed by atoms with Crippen LogP contribution in [0, 0.1) is 11.7 Å². The zero-order valence-electron chi connectivity index (χ0n) is 8.89. The first-order valence-corrected chi connectivity index (χ1v) is 5.30. The molecule has 0 spiro atoms. The fourth-order valence-corrected chi connectivity index (χ4v) is 1.87. The van der Waals surface area contributed by atoms with Crippen molar-refractivity contribution in [3.8, 4) is 0 Å². The lowest BCUT2D eigenvalue weighted by Gasteiger charge is -2.10. The number of carbonyl (C=O) groups is 1. The van der Waals surface area contributed by atoms with Gasteiger partial charge in [0.25, 0.3) is 0 Å². The molecular formula is C12H14ClFO. The number of rotatable bonds is 4. The van der Waals surface area contributed by atoms with Gasteiger partial charge in [-0.05, 0) is 37.0 Å². The van der Waals surface area contributed by atoms with Gasteiger partial charge in [-0.1, -0.05) is 24.6 Å². The molecule has 15 heavy (non-hydrogen) atoms. The van der Waals surface area contributed by atoms with Crippen molar-refractivity contribution in [1.82, 2.24) is 0 Å². The van der Waals surface area contributed by atoms with E-state index in [0.29, 0.717) is 17.9 Å². The lowest BCUT2D eigenvalue weighted by atomic mass is 9.96. The van der Waals surface area contributed by atoms with Gasteiger partial charge in [0.2, 0.25) is 0 Å². The summed E-state index contributed by atoms with van der Waals surface area (Å²) in [5, 5.41) is 0.436. The smallest absolute Gasteiger partial charge is 0.130 e. The van der Waals surface area contributed by atoms with Crippen LogP contribution in [-0.4, -0.2) is 5.78 Å². The summed E-state index contributed by atoms with van der Waals surface area (Å²) < 4.78 is 12.8. The summed E-state index contributed by atoms with van der Waals surface area (Å²) in [4.78, 5) is 10.9. The molecule has 0 N–H and O–H groups in total. The predicted octanol–water partition coefficient (Wildman–Crippen LogP) is 3.64. The number of benzene rings is 1. The molecule has 0 aliphatic rings. The number of carbonyl (C=O) groups excluding carboxylic acids is 1. The second-order valence-electron chi connectivity index (χ2n) is 3.95. The van der Waals surface area contributed by atoms with Crippen LogP contribution in [0.5, 0.6) is 0 Å². The Labute approximate surface area is 94.3 Å². The van der Waals surface area contributed by atoms with Crippen molar-refractivity contribution in [2.24, 2.45) is 5.92 Å². The topological polar surface area (TPSA) is 17.1 Å². The van der Waals surface area contributed by atoms with Crippen molar-refractivity contribution in [2.75, 3.05) is 0 Å². The third kappa shape index (κ3) is 4.00. The van der Waals surface area contributed by atoms with Crippen LogP contribution >= 0.6 is 11.6 Å². The predicted molar refractivity (Wildman–Crippen MR) is 59.6 cm³/mol. The molecule has 0 bridgehead atoms. The van der Waals surface area contributed by atoms with Crippen molar-refractivity contribution in [3.05, 3.63) is 34.6 Å². The molecule has 82 valence electrons. The van der Waals surface area contributed by atoms with Crippen LogP contribution in [-0.2, 0) is 11.2 Å². The number of halogens is 2. The van der Waals surface area contributed by atoms with E-state index in [4.69, 9.17) is 11.6 Å². The Bertz CT molecular complexity index is 363. The van der Waals surface area contributed by atoms with Crippen LogP contribution in [0.1, 0.15) is 25.8 Å². The molecule has 1 aromatic rings. The summed E-state index contributed by atoms with van der Waals surface area (Å²) in [6, 6.07) is 4.37. The molecule has 0 amide bonds.